The second-order valence-corrected chi connectivity index (χ2v) is 7.81. The third kappa shape index (κ3) is 4.34. The van der Waals surface area contributed by atoms with Crippen LogP contribution >= 0.6 is 0 Å². The number of piperidine rings is 1. The fourth-order valence-corrected chi connectivity index (χ4v) is 2.99. The summed E-state index contributed by atoms with van der Waals surface area (Å²) >= 11 is 0. The monoisotopic (exact) mass is 331 g/mol. The molecule has 0 spiro atoms. The Morgan fingerprint density at radius 1 is 1.17 bits per heavy atom. The summed E-state index contributed by atoms with van der Waals surface area (Å²) in [5.74, 6) is 0.191. The zero-order chi connectivity index (χ0) is 17.9. The summed E-state index contributed by atoms with van der Waals surface area (Å²) in [5, 5.41) is 0. The first-order valence-electron chi connectivity index (χ1n) is 8.75. The number of aromatic nitrogens is 1. The maximum absolute atomic E-state index is 12.9. The second kappa shape index (κ2) is 7.32. The molecule has 132 valence electrons. The van der Waals surface area contributed by atoms with E-state index < -0.39 is 0 Å². The minimum Gasteiger partial charge on any atom is -0.342 e. The molecule has 1 amide bonds. The molecule has 0 saturated carbocycles. The van der Waals surface area contributed by atoms with Crippen LogP contribution in [0.2, 0.25) is 0 Å². The van der Waals surface area contributed by atoms with E-state index in [2.05, 4.69) is 4.99 Å². The molecule has 0 bridgehead atoms. The standard InChI is InChI=1S/C19H29N3O2/c1-14(2)20-16-8-6-7-11-22(16)17(23)15-9-12-21(13-10-15)18(24)19(3,4)5/h6-8,11,14-15H,9-10,12-13H2,1-5H3. The number of likely N-dealkylation sites (tertiary alicyclic amines) is 1. The summed E-state index contributed by atoms with van der Waals surface area (Å²) in [6, 6.07) is 5.76. The van der Waals surface area contributed by atoms with Crippen molar-refractivity contribution in [2.45, 2.75) is 53.5 Å². The fourth-order valence-electron chi connectivity index (χ4n) is 2.99. The van der Waals surface area contributed by atoms with Gasteiger partial charge in [0.15, 0.2) is 0 Å². The van der Waals surface area contributed by atoms with Crippen LogP contribution in [0.25, 0.3) is 0 Å². The van der Waals surface area contributed by atoms with Gasteiger partial charge >= 0.3 is 0 Å². The van der Waals surface area contributed by atoms with Crippen LogP contribution in [0, 0.1) is 11.3 Å². The maximum Gasteiger partial charge on any atom is 0.235 e. The van der Waals surface area contributed by atoms with E-state index in [9.17, 15) is 9.59 Å². The molecule has 2 heterocycles. The molecule has 0 N–H and O–H groups in total. The van der Waals surface area contributed by atoms with Crippen molar-refractivity contribution in [3.8, 4) is 0 Å². The Kier molecular flexibility index (Phi) is 5.62. The first kappa shape index (κ1) is 18.4. The lowest BCUT2D eigenvalue weighted by Gasteiger charge is -2.35. The van der Waals surface area contributed by atoms with Crippen LogP contribution in [0.15, 0.2) is 29.4 Å². The third-order valence-corrected chi connectivity index (χ3v) is 4.24. The van der Waals surface area contributed by atoms with Gasteiger partial charge in [0, 0.05) is 36.7 Å². The van der Waals surface area contributed by atoms with Crippen LogP contribution in [0.1, 0.15) is 52.3 Å². The Bertz CT molecular complexity index is 660. The Morgan fingerprint density at radius 2 is 1.79 bits per heavy atom. The number of hydrogen-bond acceptors (Lipinski definition) is 3. The summed E-state index contributed by atoms with van der Waals surface area (Å²) in [7, 11) is 0. The van der Waals surface area contributed by atoms with Gasteiger partial charge in [-0.15, -0.1) is 0 Å². The van der Waals surface area contributed by atoms with E-state index in [-0.39, 0.29) is 29.2 Å². The first-order valence-corrected chi connectivity index (χ1v) is 8.75. The lowest BCUT2D eigenvalue weighted by Crippen LogP contribution is -2.46. The molecule has 0 aromatic carbocycles. The second-order valence-electron chi connectivity index (χ2n) is 7.81. The number of pyridine rings is 1. The van der Waals surface area contributed by atoms with Gasteiger partial charge in [0.2, 0.25) is 11.8 Å². The Hall–Kier alpha value is -1.91. The summed E-state index contributed by atoms with van der Waals surface area (Å²) in [4.78, 5) is 31.7. The summed E-state index contributed by atoms with van der Waals surface area (Å²) < 4.78 is 1.66. The largest absolute Gasteiger partial charge is 0.342 e. The molecular weight excluding hydrogens is 302 g/mol. The van der Waals surface area contributed by atoms with Gasteiger partial charge in [-0.05, 0) is 38.8 Å². The van der Waals surface area contributed by atoms with Gasteiger partial charge in [0.1, 0.15) is 5.49 Å². The molecule has 5 heteroatoms. The molecule has 1 aromatic rings. The van der Waals surface area contributed by atoms with E-state index >= 15 is 0 Å². The molecule has 1 aromatic heterocycles. The highest BCUT2D eigenvalue weighted by atomic mass is 16.2. The minimum atomic E-state index is -0.367. The van der Waals surface area contributed by atoms with Crippen LogP contribution in [-0.4, -0.2) is 40.4 Å². The number of rotatable bonds is 2. The topological polar surface area (TPSA) is 54.7 Å². The molecule has 1 aliphatic rings. The van der Waals surface area contributed by atoms with E-state index in [1.165, 1.54) is 0 Å². The van der Waals surface area contributed by atoms with E-state index in [1.807, 2.05) is 57.7 Å². The van der Waals surface area contributed by atoms with E-state index in [0.29, 0.717) is 31.4 Å². The molecule has 1 aliphatic heterocycles. The molecule has 0 radical (unpaired) electrons. The van der Waals surface area contributed by atoms with Crippen LogP contribution in [-0.2, 0) is 4.79 Å². The number of carbonyl (C=O) groups is 2. The van der Waals surface area contributed by atoms with E-state index in [0.717, 1.165) is 0 Å². The molecule has 5 nitrogen and oxygen atoms in total. The van der Waals surface area contributed by atoms with Gasteiger partial charge in [0.05, 0.1) is 0 Å². The van der Waals surface area contributed by atoms with Crippen molar-refractivity contribution >= 4 is 11.8 Å². The van der Waals surface area contributed by atoms with Crippen LogP contribution in [0.5, 0.6) is 0 Å². The van der Waals surface area contributed by atoms with Crippen LogP contribution < -0.4 is 5.49 Å². The van der Waals surface area contributed by atoms with Crippen LogP contribution in [0.4, 0.5) is 0 Å². The zero-order valence-electron chi connectivity index (χ0n) is 15.5. The number of hydrogen-bond donors (Lipinski definition) is 0. The summed E-state index contributed by atoms with van der Waals surface area (Å²) in [6.45, 7) is 11.1. The average Bonchev–Trinajstić information content (AvgIpc) is 2.53. The van der Waals surface area contributed by atoms with E-state index in [1.54, 1.807) is 10.8 Å². The van der Waals surface area contributed by atoms with Crippen molar-refractivity contribution in [1.29, 1.82) is 0 Å². The van der Waals surface area contributed by atoms with Gasteiger partial charge < -0.3 is 4.90 Å². The summed E-state index contributed by atoms with van der Waals surface area (Å²) in [5.41, 5.74) is 0.333. The SMILES string of the molecule is CC(C)N=c1ccccn1C(=O)C1CCN(C(=O)C(C)(C)C)CC1. The van der Waals surface area contributed by atoms with Crippen molar-refractivity contribution in [2.75, 3.05) is 13.1 Å². The molecule has 0 unspecified atom stereocenters. The number of amides is 1. The zero-order valence-corrected chi connectivity index (χ0v) is 15.5. The highest BCUT2D eigenvalue weighted by Gasteiger charge is 2.32. The van der Waals surface area contributed by atoms with Crippen molar-refractivity contribution in [2.24, 2.45) is 16.3 Å². The molecule has 24 heavy (non-hydrogen) atoms. The Balaban J connectivity index is 2.11. The maximum atomic E-state index is 12.9. The molecular formula is C19H29N3O2. The average molecular weight is 331 g/mol. The molecule has 1 saturated heterocycles. The predicted octanol–water partition coefficient (Wildman–Crippen LogP) is 2.72. The molecule has 2 rings (SSSR count). The van der Waals surface area contributed by atoms with Gasteiger partial charge in [0.25, 0.3) is 0 Å². The fraction of sp³-hybridized carbons (Fsp3) is 0.632. The van der Waals surface area contributed by atoms with Gasteiger partial charge in [-0.2, -0.15) is 0 Å². The highest BCUT2D eigenvalue weighted by Crippen LogP contribution is 2.24. The van der Waals surface area contributed by atoms with Crippen molar-refractivity contribution in [3.05, 3.63) is 29.9 Å². The molecule has 1 fully saturated rings. The summed E-state index contributed by atoms with van der Waals surface area (Å²) in [6.07, 6.45) is 3.21. The number of carbonyl (C=O) groups excluding carboxylic acids is 2. The van der Waals surface area contributed by atoms with Gasteiger partial charge in [-0.25, -0.2) is 0 Å². The first-order chi connectivity index (χ1) is 11.2. The molecule has 0 atom stereocenters. The predicted molar refractivity (Wildman–Crippen MR) is 94.5 cm³/mol. The lowest BCUT2D eigenvalue weighted by atomic mass is 9.90. The van der Waals surface area contributed by atoms with E-state index in [4.69, 9.17) is 0 Å². The highest BCUT2D eigenvalue weighted by molar-refractivity contribution is 5.83. The number of nitrogens with zero attached hydrogens (tertiary/aromatic N) is 3. The van der Waals surface area contributed by atoms with Crippen molar-refractivity contribution in [3.63, 3.8) is 0 Å². The smallest absolute Gasteiger partial charge is 0.235 e. The van der Waals surface area contributed by atoms with Crippen LogP contribution in [0.3, 0.4) is 0 Å². The molecule has 0 aliphatic carbocycles. The third-order valence-electron chi connectivity index (χ3n) is 4.24. The normalized spacial score (nSPS) is 17.4. The Labute approximate surface area is 144 Å². The lowest BCUT2D eigenvalue weighted by molar-refractivity contribution is -0.140. The van der Waals surface area contributed by atoms with Crippen molar-refractivity contribution < 1.29 is 9.59 Å². The minimum absolute atomic E-state index is 0.0532. The van der Waals surface area contributed by atoms with Crippen molar-refractivity contribution in [1.82, 2.24) is 9.47 Å². The van der Waals surface area contributed by atoms with Gasteiger partial charge in [-0.1, -0.05) is 26.8 Å². The Morgan fingerprint density at radius 3 is 2.33 bits per heavy atom. The quantitative estimate of drug-likeness (QED) is 0.837. The van der Waals surface area contributed by atoms with Gasteiger partial charge in [-0.3, -0.25) is 19.1 Å².